The van der Waals surface area contributed by atoms with Crippen molar-refractivity contribution in [1.29, 1.82) is 0 Å². The standard InChI is InChI=1S/C25H46N.C5H10O3.H3N/c1-4-5-6-7-8-9-10-11-12-13-14-15-16-20-23-26(2,3)24-25-21-18-17-19-22-25;1-4(2-3-6)5(7)8;/h17-19,21-22H,4-16,20,23-24H2,1-3H3;4,6H,2-3H2,1H3,(H,7,8);1H3/q+1;;. The number of aliphatic hydroxyl groups is 1. The maximum absolute atomic E-state index is 9.98. The lowest BCUT2D eigenvalue weighted by molar-refractivity contribution is -0.903. The third-order valence-electron chi connectivity index (χ3n) is 6.55. The van der Waals surface area contributed by atoms with E-state index in [4.69, 9.17) is 10.2 Å². The number of hydrogen-bond acceptors (Lipinski definition) is 3. The Labute approximate surface area is 217 Å². The summed E-state index contributed by atoms with van der Waals surface area (Å²) < 4.78 is 1.11. The summed E-state index contributed by atoms with van der Waals surface area (Å²) in [6, 6.07) is 10.9. The summed E-state index contributed by atoms with van der Waals surface area (Å²) in [7, 11) is 4.74. The van der Waals surface area contributed by atoms with Gasteiger partial charge in [-0.25, -0.2) is 0 Å². The average Bonchev–Trinajstić information content (AvgIpc) is 2.80. The topological polar surface area (TPSA) is 92.5 Å². The molecular weight excluding hydrogens is 436 g/mol. The minimum atomic E-state index is -0.848. The molecule has 1 unspecified atom stereocenters. The molecule has 0 aliphatic carbocycles. The van der Waals surface area contributed by atoms with Gasteiger partial charge in [0.2, 0.25) is 0 Å². The van der Waals surface area contributed by atoms with Crippen LogP contribution in [0.3, 0.4) is 0 Å². The van der Waals surface area contributed by atoms with Crippen LogP contribution >= 0.6 is 0 Å². The van der Waals surface area contributed by atoms with Crippen LogP contribution in [0.25, 0.3) is 0 Å². The molecule has 0 aliphatic heterocycles. The largest absolute Gasteiger partial charge is 0.481 e. The molecule has 0 radical (unpaired) electrons. The smallest absolute Gasteiger partial charge is 0.306 e. The summed E-state index contributed by atoms with van der Waals surface area (Å²) in [5.74, 6) is -1.26. The van der Waals surface area contributed by atoms with Gasteiger partial charge in [-0.3, -0.25) is 4.79 Å². The number of benzene rings is 1. The Bertz CT molecular complexity index is 578. The van der Waals surface area contributed by atoms with Crippen molar-refractivity contribution in [2.24, 2.45) is 5.92 Å². The van der Waals surface area contributed by atoms with Gasteiger partial charge in [-0.15, -0.1) is 0 Å². The van der Waals surface area contributed by atoms with Crippen LogP contribution in [0.1, 0.15) is 116 Å². The molecule has 0 bridgehead atoms. The third kappa shape index (κ3) is 24.1. The van der Waals surface area contributed by atoms with Gasteiger partial charge in [-0.2, -0.15) is 0 Å². The van der Waals surface area contributed by atoms with Crippen molar-refractivity contribution in [2.45, 2.75) is 117 Å². The summed E-state index contributed by atoms with van der Waals surface area (Å²) in [5, 5.41) is 16.4. The average molecular weight is 496 g/mol. The minimum absolute atomic E-state index is 0. The molecular formula is C30H59N2O3+. The number of carboxylic acid groups (broad SMARTS) is 1. The van der Waals surface area contributed by atoms with E-state index in [1.807, 2.05) is 0 Å². The predicted octanol–water partition coefficient (Wildman–Crippen LogP) is 8.00. The van der Waals surface area contributed by atoms with E-state index in [1.54, 1.807) is 6.92 Å². The van der Waals surface area contributed by atoms with E-state index < -0.39 is 11.9 Å². The molecule has 1 aromatic rings. The van der Waals surface area contributed by atoms with Gasteiger partial charge in [0.1, 0.15) is 6.54 Å². The minimum Gasteiger partial charge on any atom is -0.481 e. The second kappa shape index (κ2) is 24.3. The summed E-state index contributed by atoms with van der Waals surface area (Å²) in [4.78, 5) is 9.98. The lowest BCUT2D eigenvalue weighted by Crippen LogP contribution is -2.39. The quantitative estimate of drug-likeness (QED) is 0.126. The Morgan fingerprint density at radius 3 is 1.60 bits per heavy atom. The Hall–Kier alpha value is -1.43. The number of aliphatic hydroxyl groups excluding tert-OH is 1. The number of carbonyl (C=O) groups is 1. The maximum atomic E-state index is 9.98. The second-order valence-electron chi connectivity index (χ2n) is 10.7. The van der Waals surface area contributed by atoms with Crippen LogP contribution in [0.2, 0.25) is 0 Å². The SMILES string of the molecule is CC(CCO)C(=O)O.CCCCCCCCCCCCCCCC[N+](C)(C)Cc1ccccc1.N. The highest BCUT2D eigenvalue weighted by molar-refractivity contribution is 5.69. The van der Waals surface area contributed by atoms with E-state index in [0.29, 0.717) is 6.42 Å². The highest BCUT2D eigenvalue weighted by atomic mass is 16.4. The van der Waals surface area contributed by atoms with Gasteiger partial charge in [0.05, 0.1) is 26.6 Å². The second-order valence-corrected chi connectivity index (χ2v) is 10.7. The molecule has 0 saturated heterocycles. The van der Waals surface area contributed by atoms with Gasteiger partial charge in [-0.05, 0) is 19.3 Å². The Balaban J connectivity index is 0. The number of rotatable bonds is 20. The van der Waals surface area contributed by atoms with Gasteiger partial charge in [0.25, 0.3) is 0 Å². The van der Waals surface area contributed by atoms with Crippen molar-refractivity contribution in [3.63, 3.8) is 0 Å². The van der Waals surface area contributed by atoms with Crippen molar-refractivity contribution in [1.82, 2.24) is 6.15 Å². The molecule has 5 N–H and O–H groups in total. The molecule has 1 aromatic carbocycles. The summed E-state index contributed by atoms with van der Waals surface area (Å²) >= 11 is 0. The highest BCUT2D eigenvalue weighted by Crippen LogP contribution is 2.15. The van der Waals surface area contributed by atoms with Gasteiger partial charge in [-0.1, -0.05) is 121 Å². The van der Waals surface area contributed by atoms with Gasteiger partial charge < -0.3 is 20.8 Å². The number of quaternary nitrogens is 1. The molecule has 0 spiro atoms. The number of aliphatic carboxylic acids is 1. The summed E-state index contributed by atoms with van der Waals surface area (Å²) in [6.07, 6.45) is 20.5. The van der Waals surface area contributed by atoms with Crippen molar-refractivity contribution >= 4 is 5.97 Å². The molecule has 5 nitrogen and oxygen atoms in total. The molecule has 0 aromatic heterocycles. The van der Waals surface area contributed by atoms with Gasteiger partial charge >= 0.3 is 5.97 Å². The first-order valence-corrected chi connectivity index (χ1v) is 14.0. The molecule has 0 aliphatic rings. The fourth-order valence-electron chi connectivity index (χ4n) is 4.21. The van der Waals surface area contributed by atoms with E-state index >= 15 is 0 Å². The van der Waals surface area contributed by atoms with E-state index in [2.05, 4.69) is 51.4 Å². The van der Waals surface area contributed by atoms with Crippen molar-refractivity contribution in [3.8, 4) is 0 Å². The first kappa shape index (κ1) is 35.7. The summed E-state index contributed by atoms with van der Waals surface area (Å²) in [5.41, 5.74) is 1.46. The van der Waals surface area contributed by atoms with Crippen molar-refractivity contribution in [3.05, 3.63) is 35.9 Å². The first-order valence-electron chi connectivity index (χ1n) is 14.0. The van der Waals surface area contributed by atoms with Gasteiger partial charge in [0, 0.05) is 12.2 Å². The van der Waals surface area contributed by atoms with Crippen LogP contribution in [-0.2, 0) is 11.3 Å². The van der Waals surface area contributed by atoms with E-state index in [1.165, 1.54) is 102 Å². The van der Waals surface area contributed by atoms with E-state index in [9.17, 15) is 4.79 Å². The van der Waals surface area contributed by atoms with Gasteiger partial charge in [0.15, 0.2) is 0 Å². The zero-order chi connectivity index (χ0) is 25.5. The van der Waals surface area contributed by atoms with Crippen molar-refractivity contribution < 1.29 is 19.5 Å². The molecule has 0 heterocycles. The van der Waals surface area contributed by atoms with E-state index in [-0.39, 0.29) is 12.8 Å². The lowest BCUT2D eigenvalue weighted by atomic mass is 10.0. The number of unbranched alkanes of at least 4 members (excludes halogenated alkanes) is 13. The zero-order valence-electron chi connectivity index (χ0n) is 23.6. The molecule has 0 amide bonds. The fourth-order valence-corrected chi connectivity index (χ4v) is 4.21. The molecule has 0 fully saturated rings. The molecule has 35 heavy (non-hydrogen) atoms. The molecule has 0 saturated carbocycles. The third-order valence-corrected chi connectivity index (χ3v) is 6.55. The van der Waals surface area contributed by atoms with Crippen LogP contribution in [-0.4, -0.2) is 47.9 Å². The number of carboxylic acids is 1. The first-order chi connectivity index (χ1) is 16.3. The maximum Gasteiger partial charge on any atom is 0.306 e. The molecule has 1 rings (SSSR count). The number of nitrogens with zero attached hydrogens (tertiary/aromatic N) is 1. The zero-order valence-corrected chi connectivity index (χ0v) is 23.6. The van der Waals surface area contributed by atoms with Crippen LogP contribution in [0.15, 0.2) is 30.3 Å². The predicted molar refractivity (Wildman–Crippen MR) is 151 cm³/mol. The molecule has 206 valence electrons. The highest BCUT2D eigenvalue weighted by Gasteiger charge is 2.14. The monoisotopic (exact) mass is 495 g/mol. The van der Waals surface area contributed by atoms with E-state index in [0.717, 1.165) is 11.0 Å². The van der Waals surface area contributed by atoms with Crippen LogP contribution in [0.4, 0.5) is 0 Å². The Kier molecular flexibility index (Phi) is 24.8. The Morgan fingerprint density at radius 2 is 1.23 bits per heavy atom. The molecule has 1 atom stereocenters. The fraction of sp³-hybridized carbons (Fsp3) is 0.767. The van der Waals surface area contributed by atoms with Crippen LogP contribution in [0, 0.1) is 5.92 Å². The molecule has 5 heteroatoms. The van der Waals surface area contributed by atoms with Crippen molar-refractivity contribution in [2.75, 3.05) is 27.2 Å². The lowest BCUT2D eigenvalue weighted by Gasteiger charge is -2.30. The normalized spacial score (nSPS) is 11.8. The number of hydrogen-bond donors (Lipinski definition) is 3. The summed E-state index contributed by atoms with van der Waals surface area (Å²) in [6.45, 7) is 6.27. The van der Waals surface area contributed by atoms with Crippen LogP contribution < -0.4 is 6.15 Å². The Morgan fingerprint density at radius 1 is 0.800 bits per heavy atom. The van der Waals surface area contributed by atoms with Crippen LogP contribution in [0.5, 0.6) is 0 Å².